The molecule has 370 valence electrons. The third kappa shape index (κ3) is 7.37. The predicted octanol–water partition coefficient (Wildman–Crippen LogP) is 19.7. The van der Waals surface area contributed by atoms with Crippen molar-refractivity contribution in [3.63, 3.8) is 0 Å². The molecule has 0 aliphatic heterocycles. The van der Waals surface area contributed by atoms with Gasteiger partial charge in [0.1, 0.15) is 33.4 Å². The van der Waals surface area contributed by atoms with Crippen LogP contribution in [0.3, 0.4) is 0 Å². The van der Waals surface area contributed by atoms with E-state index in [1.54, 1.807) is 0 Å². The van der Waals surface area contributed by atoms with E-state index in [1.165, 1.54) is 47.7 Å². The lowest BCUT2D eigenvalue weighted by molar-refractivity contribution is -0.144. The van der Waals surface area contributed by atoms with Crippen LogP contribution in [0.4, 0.5) is 52.7 Å². The molecule has 0 unspecified atom stereocenters. The van der Waals surface area contributed by atoms with Gasteiger partial charge in [0, 0.05) is 43.4 Å². The first kappa shape index (κ1) is 46.4. The van der Waals surface area contributed by atoms with Crippen LogP contribution in [0, 0.1) is 0 Å². The van der Waals surface area contributed by atoms with Crippen LogP contribution in [0.1, 0.15) is 22.3 Å². The Kier molecular flexibility index (Phi) is 9.91. The van der Waals surface area contributed by atoms with Crippen LogP contribution in [0.25, 0.3) is 131 Å². The summed E-state index contributed by atoms with van der Waals surface area (Å²) >= 11 is 1.29. The molecule has 4 aromatic heterocycles. The maximum atomic E-state index is 14.8. The first-order valence-electron chi connectivity index (χ1n) is 22.7. The van der Waals surface area contributed by atoms with Crippen LogP contribution < -0.4 is 0 Å². The largest absolute Gasteiger partial charge is 0.455 e. The molecule has 0 spiro atoms. The number of benzene rings is 9. The van der Waals surface area contributed by atoms with Crippen LogP contribution in [-0.4, -0.2) is 9.97 Å². The highest BCUT2D eigenvalue weighted by Crippen LogP contribution is 2.51. The predicted molar refractivity (Wildman–Crippen MR) is 266 cm³/mol. The topological polar surface area (TPSA) is 52.1 Å². The van der Waals surface area contributed by atoms with Crippen molar-refractivity contribution in [1.29, 1.82) is 0 Å². The molecule has 0 aliphatic rings. The summed E-state index contributed by atoms with van der Waals surface area (Å²) in [7, 11) is 0. The standard InChI is InChI=1S/C58H26F12N2O2S/c59-55(60,61)29-17-21-31(43(25-29)57(65,66)67)27-15-19-33-34-20-16-28(32-22-18-30(56(62,63)64)26-44(32)58(68,69)70)24-42(34)48-47(41(33)23-27)71-49-50(72-48)54(40-12-6-10-38-36-8-2-4-14-46(36)74-52(38)40)75-53(49)39-11-5-9-37-35-7-1-3-13-45(35)73-51(37)39/h1-26H. The van der Waals surface area contributed by atoms with Crippen molar-refractivity contribution in [3.8, 4) is 43.1 Å². The van der Waals surface area contributed by atoms with E-state index in [0.29, 0.717) is 66.1 Å². The molecule has 9 aromatic carbocycles. The van der Waals surface area contributed by atoms with Gasteiger partial charge in [-0.1, -0.05) is 97.1 Å². The summed E-state index contributed by atoms with van der Waals surface area (Å²) in [6.07, 6.45) is -20.7. The lowest BCUT2D eigenvalue weighted by Crippen LogP contribution is -2.12. The summed E-state index contributed by atoms with van der Waals surface area (Å²) in [6.45, 7) is 0. The molecule has 0 saturated heterocycles. The molecule has 0 bridgehead atoms. The summed E-state index contributed by atoms with van der Waals surface area (Å²) in [6, 6.07) is 36.8. The van der Waals surface area contributed by atoms with Gasteiger partial charge in [0.15, 0.2) is 0 Å². The molecular weight excluding hydrogens is 1020 g/mol. The fourth-order valence-electron chi connectivity index (χ4n) is 10.2. The molecule has 0 saturated carbocycles. The SMILES string of the molecule is FC(F)(F)c1ccc(-c2ccc3c4ccc(-c5ccc(C(F)(F)F)cc5C(F)(F)F)cc4c4nc5c(-c6cccc7c6oc6ccccc67)sc(-c6cccc7c6oc6ccccc67)c5nc4c3c2)c(C(F)(F)F)c1. The molecule has 0 radical (unpaired) electrons. The first-order valence-corrected chi connectivity index (χ1v) is 23.5. The molecule has 0 amide bonds. The van der Waals surface area contributed by atoms with E-state index in [-0.39, 0.29) is 56.1 Å². The highest BCUT2D eigenvalue weighted by Gasteiger charge is 2.40. The smallest absolute Gasteiger partial charge is 0.417 e. The average Bonchev–Trinajstić information content (AvgIpc) is 4.14. The number of alkyl halides is 12. The number of hydrogen-bond donors (Lipinski definition) is 0. The van der Waals surface area contributed by atoms with Crippen LogP contribution in [0.5, 0.6) is 0 Å². The molecule has 0 N–H and O–H groups in total. The van der Waals surface area contributed by atoms with Crippen molar-refractivity contribution < 1.29 is 61.5 Å². The Balaban J connectivity index is 1.17. The van der Waals surface area contributed by atoms with Gasteiger partial charge < -0.3 is 8.83 Å². The van der Waals surface area contributed by atoms with Gasteiger partial charge in [0.25, 0.3) is 0 Å². The van der Waals surface area contributed by atoms with Gasteiger partial charge in [-0.15, -0.1) is 11.3 Å². The maximum Gasteiger partial charge on any atom is 0.417 e. The Labute approximate surface area is 416 Å². The van der Waals surface area contributed by atoms with Gasteiger partial charge in [-0.05, 0) is 93.7 Å². The van der Waals surface area contributed by atoms with Crippen molar-refractivity contribution >= 4 is 98.8 Å². The van der Waals surface area contributed by atoms with Crippen LogP contribution in [-0.2, 0) is 24.7 Å². The molecule has 0 aliphatic carbocycles. The van der Waals surface area contributed by atoms with E-state index in [9.17, 15) is 52.7 Å². The zero-order chi connectivity index (χ0) is 52.1. The highest BCUT2D eigenvalue weighted by atomic mass is 32.1. The Hall–Kier alpha value is -8.44. The van der Waals surface area contributed by atoms with Crippen molar-refractivity contribution in [2.75, 3.05) is 0 Å². The number of para-hydroxylation sites is 4. The first-order chi connectivity index (χ1) is 35.7. The second-order valence-electron chi connectivity index (χ2n) is 18.0. The summed E-state index contributed by atoms with van der Waals surface area (Å²) in [5.41, 5.74) is -3.60. The number of hydrogen-bond acceptors (Lipinski definition) is 5. The number of nitrogens with zero attached hydrogens (tertiary/aromatic N) is 2. The number of furan rings is 2. The number of rotatable bonds is 4. The summed E-state index contributed by atoms with van der Waals surface area (Å²) < 4.78 is 185. The van der Waals surface area contributed by atoms with Crippen LogP contribution >= 0.6 is 11.3 Å². The second kappa shape index (κ2) is 16.0. The van der Waals surface area contributed by atoms with Gasteiger partial charge in [0.2, 0.25) is 0 Å². The lowest BCUT2D eigenvalue weighted by atomic mass is 9.90. The summed E-state index contributed by atoms with van der Waals surface area (Å²) in [4.78, 5) is 11.7. The molecule has 4 nitrogen and oxygen atoms in total. The van der Waals surface area contributed by atoms with Crippen LogP contribution in [0.2, 0.25) is 0 Å². The van der Waals surface area contributed by atoms with E-state index in [2.05, 4.69) is 0 Å². The Morgan fingerprint density at radius 1 is 0.320 bits per heavy atom. The van der Waals surface area contributed by atoms with E-state index < -0.39 is 58.1 Å². The lowest BCUT2D eigenvalue weighted by Gasteiger charge is -2.18. The molecule has 13 rings (SSSR count). The normalized spacial score (nSPS) is 13.1. The van der Waals surface area contributed by atoms with E-state index >= 15 is 0 Å². The van der Waals surface area contributed by atoms with E-state index in [4.69, 9.17) is 18.8 Å². The van der Waals surface area contributed by atoms with Crippen molar-refractivity contribution in [3.05, 3.63) is 180 Å². The maximum absolute atomic E-state index is 14.8. The fraction of sp³-hybridized carbons (Fsp3) is 0.0690. The summed E-state index contributed by atoms with van der Waals surface area (Å²) in [5.74, 6) is 0. The molecule has 4 heterocycles. The Bertz CT molecular complexity index is 4270. The Morgan fingerprint density at radius 3 is 1.12 bits per heavy atom. The number of halogens is 12. The van der Waals surface area contributed by atoms with Crippen LogP contribution in [0.15, 0.2) is 167 Å². The van der Waals surface area contributed by atoms with Gasteiger partial charge in [0.05, 0.1) is 43.0 Å². The van der Waals surface area contributed by atoms with Crippen molar-refractivity contribution in [1.82, 2.24) is 9.97 Å². The van der Waals surface area contributed by atoms with Gasteiger partial charge in [-0.25, -0.2) is 9.97 Å². The average molecular weight is 1040 g/mol. The molecule has 0 fully saturated rings. The third-order valence-electron chi connectivity index (χ3n) is 13.6. The van der Waals surface area contributed by atoms with Gasteiger partial charge in [-0.3, -0.25) is 0 Å². The Morgan fingerprint density at radius 2 is 0.720 bits per heavy atom. The van der Waals surface area contributed by atoms with Crippen molar-refractivity contribution in [2.45, 2.75) is 24.7 Å². The third-order valence-corrected chi connectivity index (χ3v) is 14.8. The number of thiophene rings is 1. The number of aromatic nitrogens is 2. The number of fused-ring (bicyclic) bond motifs is 13. The molecule has 75 heavy (non-hydrogen) atoms. The minimum Gasteiger partial charge on any atom is -0.455 e. The minimum absolute atomic E-state index is 0.0391. The van der Waals surface area contributed by atoms with Crippen molar-refractivity contribution in [2.24, 2.45) is 0 Å². The van der Waals surface area contributed by atoms with Gasteiger partial charge in [-0.2, -0.15) is 52.7 Å². The zero-order valence-electron chi connectivity index (χ0n) is 37.7. The molecule has 0 atom stereocenters. The summed E-state index contributed by atoms with van der Waals surface area (Å²) in [5, 5.41) is 4.16. The van der Waals surface area contributed by atoms with E-state index in [0.717, 1.165) is 33.7 Å². The highest BCUT2D eigenvalue weighted by molar-refractivity contribution is 7.21. The fourth-order valence-corrected chi connectivity index (χ4v) is 11.5. The molecule has 13 aromatic rings. The second-order valence-corrected chi connectivity index (χ2v) is 19.0. The monoisotopic (exact) mass is 1040 g/mol. The molecule has 17 heteroatoms. The quantitative estimate of drug-likeness (QED) is 0.130. The van der Waals surface area contributed by atoms with Gasteiger partial charge >= 0.3 is 24.7 Å². The minimum atomic E-state index is -5.24. The van der Waals surface area contributed by atoms with E-state index in [1.807, 2.05) is 84.9 Å². The molecular formula is C58H26F12N2O2S. The zero-order valence-corrected chi connectivity index (χ0v) is 38.5.